The molecule has 1 atom stereocenters. The second-order valence-electron chi connectivity index (χ2n) is 7.64. The standard InChI is InChI=1S/C25H25N3O3.Na/c1-2-3-13-28-22-12-8-7-11-18(22)19-15-20(26-16-23(19)28)24(29)27-21(25(30)31)14-17-9-5-4-6-10-17;/h4-12,15-16,21H,2-3,13-14H2,1H3,(H,27,29)(H,30,31);/q;+1/p-1/t21-;/m0./s1. The van der Waals surface area contributed by atoms with E-state index in [4.69, 9.17) is 0 Å². The summed E-state index contributed by atoms with van der Waals surface area (Å²) in [4.78, 5) is 28.8. The summed E-state index contributed by atoms with van der Waals surface area (Å²) >= 11 is 0. The van der Waals surface area contributed by atoms with Gasteiger partial charge in [0.15, 0.2) is 0 Å². The Morgan fingerprint density at radius 1 is 1.03 bits per heavy atom. The zero-order valence-electron chi connectivity index (χ0n) is 18.4. The summed E-state index contributed by atoms with van der Waals surface area (Å²) in [6, 6.07) is 17.8. The van der Waals surface area contributed by atoms with Crippen LogP contribution in [0.25, 0.3) is 21.8 Å². The van der Waals surface area contributed by atoms with Crippen molar-refractivity contribution >= 4 is 33.7 Å². The molecule has 2 heterocycles. The third-order valence-corrected chi connectivity index (χ3v) is 5.50. The van der Waals surface area contributed by atoms with Crippen LogP contribution in [-0.4, -0.2) is 27.5 Å². The van der Waals surface area contributed by atoms with Gasteiger partial charge >= 0.3 is 29.6 Å². The number of aromatic nitrogens is 2. The van der Waals surface area contributed by atoms with Crippen molar-refractivity contribution in [2.45, 2.75) is 38.8 Å². The molecule has 7 heteroatoms. The van der Waals surface area contributed by atoms with Gasteiger partial charge in [-0.25, -0.2) is 4.98 Å². The Morgan fingerprint density at radius 2 is 1.75 bits per heavy atom. The Hall–Kier alpha value is -2.67. The predicted octanol–water partition coefficient (Wildman–Crippen LogP) is 0.0846. The molecule has 0 radical (unpaired) electrons. The van der Waals surface area contributed by atoms with Gasteiger partial charge in [-0.15, -0.1) is 0 Å². The van der Waals surface area contributed by atoms with E-state index in [2.05, 4.69) is 27.9 Å². The summed E-state index contributed by atoms with van der Waals surface area (Å²) in [6.45, 7) is 3.02. The van der Waals surface area contributed by atoms with Gasteiger partial charge in [0.25, 0.3) is 5.91 Å². The number of carbonyl (C=O) groups excluding carboxylic acids is 2. The maximum Gasteiger partial charge on any atom is 1.00 e. The van der Waals surface area contributed by atoms with Gasteiger partial charge in [-0.05, 0) is 30.5 Å². The van der Waals surface area contributed by atoms with Crippen LogP contribution < -0.4 is 40.0 Å². The van der Waals surface area contributed by atoms with Crippen molar-refractivity contribution in [2.75, 3.05) is 0 Å². The maximum atomic E-state index is 12.8. The largest absolute Gasteiger partial charge is 1.00 e. The normalized spacial score (nSPS) is 11.8. The van der Waals surface area contributed by atoms with Crippen LogP contribution in [0, 0.1) is 0 Å². The molecule has 158 valence electrons. The Kier molecular flexibility index (Phi) is 8.07. The molecule has 0 aliphatic carbocycles. The second kappa shape index (κ2) is 10.8. The van der Waals surface area contributed by atoms with E-state index < -0.39 is 17.9 Å². The number of carboxylic acids is 1. The Bertz CT molecular complexity index is 1240. The first-order valence-electron chi connectivity index (χ1n) is 10.5. The fourth-order valence-electron chi connectivity index (χ4n) is 3.90. The van der Waals surface area contributed by atoms with E-state index in [9.17, 15) is 14.7 Å². The molecule has 0 fully saturated rings. The van der Waals surface area contributed by atoms with E-state index in [1.54, 1.807) is 12.3 Å². The number of aliphatic carboxylic acids is 1. The summed E-state index contributed by atoms with van der Waals surface area (Å²) in [5.41, 5.74) is 3.05. The molecule has 0 aliphatic rings. The molecule has 0 unspecified atom stereocenters. The number of rotatable bonds is 8. The molecule has 1 N–H and O–H groups in total. The van der Waals surface area contributed by atoms with Crippen molar-refractivity contribution in [2.24, 2.45) is 0 Å². The summed E-state index contributed by atoms with van der Waals surface area (Å²) in [6.07, 6.45) is 3.97. The fraction of sp³-hybridized carbons (Fsp3) is 0.240. The number of aryl methyl sites for hydroxylation is 1. The molecule has 0 bridgehead atoms. The van der Waals surface area contributed by atoms with Gasteiger partial charge in [-0.1, -0.05) is 61.9 Å². The van der Waals surface area contributed by atoms with E-state index in [0.29, 0.717) is 0 Å². The molecule has 2 aromatic carbocycles. The van der Waals surface area contributed by atoms with Crippen molar-refractivity contribution in [3.8, 4) is 0 Å². The van der Waals surface area contributed by atoms with Gasteiger partial charge in [0.05, 0.1) is 23.7 Å². The third kappa shape index (κ3) is 5.04. The van der Waals surface area contributed by atoms with Crippen molar-refractivity contribution in [3.05, 3.63) is 78.1 Å². The minimum absolute atomic E-state index is 0. The molecule has 4 aromatic rings. The van der Waals surface area contributed by atoms with E-state index in [1.165, 1.54) is 0 Å². The van der Waals surface area contributed by atoms with Crippen molar-refractivity contribution in [1.29, 1.82) is 0 Å². The Morgan fingerprint density at radius 3 is 2.47 bits per heavy atom. The van der Waals surface area contributed by atoms with Crippen LogP contribution in [0.4, 0.5) is 0 Å². The monoisotopic (exact) mass is 437 g/mol. The molecule has 0 saturated carbocycles. The number of pyridine rings is 1. The first-order chi connectivity index (χ1) is 15.1. The van der Waals surface area contributed by atoms with Gasteiger partial charge in [0.1, 0.15) is 5.69 Å². The number of amides is 1. The Balaban J connectivity index is 0.00000289. The second-order valence-corrected chi connectivity index (χ2v) is 7.64. The number of nitrogens with zero attached hydrogens (tertiary/aromatic N) is 2. The number of carboxylic acid groups (broad SMARTS) is 1. The predicted molar refractivity (Wildman–Crippen MR) is 119 cm³/mol. The average molecular weight is 437 g/mol. The molecule has 0 saturated heterocycles. The SMILES string of the molecule is CCCCn1c2ccccc2c2cc(C(=O)N[C@@H](Cc3ccccc3)C(=O)[O-])ncc21.[Na+]. The van der Waals surface area contributed by atoms with Gasteiger partial charge in [0, 0.05) is 22.8 Å². The van der Waals surface area contributed by atoms with Crippen LogP contribution in [0.3, 0.4) is 0 Å². The molecule has 1 amide bonds. The summed E-state index contributed by atoms with van der Waals surface area (Å²) in [7, 11) is 0. The fourth-order valence-corrected chi connectivity index (χ4v) is 3.90. The summed E-state index contributed by atoms with van der Waals surface area (Å²) in [5.74, 6) is -1.85. The molecule has 2 aromatic heterocycles. The molecule has 32 heavy (non-hydrogen) atoms. The number of para-hydroxylation sites is 1. The molecule has 6 nitrogen and oxygen atoms in total. The van der Waals surface area contributed by atoms with Crippen molar-refractivity contribution in [1.82, 2.24) is 14.9 Å². The number of nitrogens with one attached hydrogen (secondary N) is 1. The van der Waals surface area contributed by atoms with Gasteiger partial charge < -0.3 is 19.8 Å². The molecule has 0 spiro atoms. The molecule has 0 aliphatic heterocycles. The quantitative estimate of drug-likeness (QED) is 0.396. The van der Waals surface area contributed by atoms with Crippen LogP contribution in [-0.2, 0) is 17.8 Å². The van der Waals surface area contributed by atoms with Gasteiger partial charge in [0.2, 0.25) is 0 Å². The van der Waals surface area contributed by atoms with Crippen LogP contribution in [0.15, 0.2) is 66.9 Å². The van der Waals surface area contributed by atoms with Crippen LogP contribution in [0.1, 0.15) is 35.8 Å². The number of hydrogen-bond donors (Lipinski definition) is 1. The maximum absolute atomic E-state index is 12.8. The van der Waals surface area contributed by atoms with E-state index in [0.717, 1.165) is 46.8 Å². The topological polar surface area (TPSA) is 87.0 Å². The molecular formula is C25H24N3NaO3. The van der Waals surface area contributed by atoms with Crippen LogP contribution in [0.5, 0.6) is 0 Å². The zero-order chi connectivity index (χ0) is 21.8. The Labute approximate surface area is 208 Å². The van der Waals surface area contributed by atoms with Crippen LogP contribution in [0.2, 0.25) is 0 Å². The van der Waals surface area contributed by atoms with E-state index in [1.807, 2.05) is 48.5 Å². The first kappa shape index (κ1) is 24.0. The van der Waals surface area contributed by atoms with Gasteiger partial charge in [-0.2, -0.15) is 0 Å². The number of fused-ring (bicyclic) bond motifs is 3. The first-order valence-corrected chi connectivity index (χ1v) is 10.5. The van der Waals surface area contributed by atoms with Crippen molar-refractivity contribution < 1.29 is 44.3 Å². The number of benzene rings is 2. The average Bonchev–Trinajstić information content (AvgIpc) is 3.10. The third-order valence-electron chi connectivity index (χ3n) is 5.50. The number of hydrogen-bond acceptors (Lipinski definition) is 4. The smallest absolute Gasteiger partial charge is 0.548 e. The van der Waals surface area contributed by atoms with Gasteiger partial charge in [-0.3, -0.25) is 4.79 Å². The van der Waals surface area contributed by atoms with Crippen LogP contribution >= 0.6 is 0 Å². The minimum Gasteiger partial charge on any atom is -0.548 e. The zero-order valence-corrected chi connectivity index (χ0v) is 20.4. The summed E-state index contributed by atoms with van der Waals surface area (Å²) in [5, 5.41) is 16.2. The number of carbonyl (C=O) groups is 2. The summed E-state index contributed by atoms with van der Waals surface area (Å²) < 4.78 is 2.22. The van der Waals surface area contributed by atoms with E-state index in [-0.39, 0.29) is 41.7 Å². The van der Waals surface area contributed by atoms with Crippen molar-refractivity contribution in [3.63, 3.8) is 0 Å². The molecule has 4 rings (SSSR count). The van der Waals surface area contributed by atoms with E-state index >= 15 is 0 Å². The minimum atomic E-state index is -1.32. The molecular weight excluding hydrogens is 413 g/mol. The number of unbranched alkanes of at least 4 members (excludes halogenated alkanes) is 1.